The van der Waals surface area contributed by atoms with Crippen LogP contribution in [0.15, 0.2) is 59.6 Å². The van der Waals surface area contributed by atoms with E-state index in [1.165, 1.54) is 0 Å². The van der Waals surface area contributed by atoms with Crippen molar-refractivity contribution >= 4 is 5.84 Å². The van der Waals surface area contributed by atoms with E-state index in [0.717, 1.165) is 11.1 Å². The molecule has 3 unspecified atom stereocenters. The monoisotopic (exact) mass is 444 g/mol. The van der Waals surface area contributed by atoms with Gasteiger partial charge in [-0.25, -0.2) is 4.99 Å². The van der Waals surface area contributed by atoms with Gasteiger partial charge >= 0.3 is 0 Å². The van der Waals surface area contributed by atoms with Crippen LogP contribution in [-0.4, -0.2) is 25.0 Å². The number of nitriles is 2. The minimum Gasteiger partial charge on any atom is -0.489 e. The van der Waals surface area contributed by atoms with Gasteiger partial charge in [0.1, 0.15) is 23.6 Å². The van der Waals surface area contributed by atoms with E-state index < -0.39 is 22.7 Å². The van der Waals surface area contributed by atoms with Crippen molar-refractivity contribution in [3.05, 3.63) is 65.7 Å². The maximum absolute atomic E-state index is 10.4. The van der Waals surface area contributed by atoms with Crippen molar-refractivity contribution in [3.8, 4) is 17.9 Å². The van der Waals surface area contributed by atoms with E-state index in [9.17, 15) is 10.5 Å². The van der Waals surface area contributed by atoms with Gasteiger partial charge in [-0.1, -0.05) is 56.3 Å². The summed E-state index contributed by atoms with van der Waals surface area (Å²) in [4.78, 5) is 4.46. The highest BCUT2D eigenvalue weighted by atomic mass is 16.7. The Balaban J connectivity index is 1.70. The quantitative estimate of drug-likeness (QED) is 0.548. The third-order valence-corrected chi connectivity index (χ3v) is 6.37. The van der Waals surface area contributed by atoms with Crippen LogP contribution in [0.2, 0.25) is 0 Å². The number of aliphatic imine (C=N–C) groups is 1. The van der Waals surface area contributed by atoms with Crippen molar-refractivity contribution in [2.45, 2.75) is 45.1 Å². The van der Waals surface area contributed by atoms with Gasteiger partial charge in [0.15, 0.2) is 5.41 Å². The maximum atomic E-state index is 10.4. The second-order valence-corrected chi connectivity index (χ2v) is 8.40. The summed E-state index contributed by atoms with van der Waals surface area (Å²) in [6.45, 7) is 5.00. The van der Waals surface area contributed by atoms with Crippen LogP contribution >= 0.6 is 0 Å². The summed E-state index contributed by atoms with van der Waals surface area (Å²) in [6.07, 6.45) is 1.42. The molecule has 0 spiro atoms. The molecule has 3 atom stereocenters. The van der Waals surface area contributed by atoms with Crippen molar-refractivity contribution in [1.82, 2.24) is 0 Å². The van der Waals surface area contributed by atoms with Crippen LogP contribution in [-0.2, 0) is 16.1 Å². The van der Waals surface area contributed by atoms with Crippen LogP contribution in [0.1, 0.15) is 43.7 Å². The first-order valence-electron chi connectivity index (χ1n) is 11.3. The lowest BCUT2D eigenvalue weighted by Crippen LogP contribution is -2.44. The van der Waals surface area contributed by atoms with E-state index in [0.29, 0.717) is 38.4 Å². The normalized spacial score (nSPS) is 26.5. The minimum atomic E-state index is -1.61. The molecule has 4 rings (SSSR count). The van der Waals surface area contributed by atoms with E-state index in [1.54, 1.807) is 0 Å². The van der Waals surface area contributed by atoms with Crippen molar-refractivity contribution < 1.29 is 14.2 Å². The van der Waals surface area contributed by atoms with Crippen molar-refractivity contribution in [2.24, 2.45) is 21.6 Å². The average Bonchev–Trinajstić information content (AvgIpc) is 3.44. The van der Waals surface area contributed by atoms with Gasteiger partial charge in [0.05, 0.1) is 25.4 Å². The molecule has 33 heavy (non-hydrogen) atoms. The Hall–Kier alpha value is -3.39. The molecule has 2 aliphatic rings. The SMILES string of the molecule is CCCOC1(OCCC)N=C(N)C2(C#N)C(c3cccc(OCc4ccccc4)c3)C12C#N. The first-order chi connectivity index (χ1) is 16.0. The van der Waals surface area contributed by atoms with Gasteiger partial charge in [0.2, 0.25) is 0 Å². The number of nitrogens with zero attached hydrogens (tertiary/aromatic N) is 3. The van der Waals surface area contributed by atoms with E-state index >= 15 is 0 Å². The fraction of sp³-hybridized carbons (Fsp3) is 0.423. The summed E-state index contributed by atoms with van der Waals surface area (Å²) in [6, 6.07) is 22.0. The summed E-state index contributed by atoms with van der Waals surface area (Å²) in [7, 11) is 0. The molecule has 0 bridgehead atoms. The largest absolute Gasteiger partial charge is 0.489 e. The standard InChI is InChI=1S/C26H28N4O3/c1-3-13-32-26(33-14-4-2)25(18-28)22(24(25,17-27)23(29)30-26)20-11-8-12-21(15-20)31-16-19-9-6-5-7-10-19/h5-12,15,22H,3-4,13-14,16H2,1-2H3,(H2,29,30). The molecular weight excluding hydrogens is 416 g/mol. The van der Waals surface area contributed by atoms with Crippen LogP contribution in [0.25, 0.3) is 0 Å². The highest BCUT2D eigenvalue weighted by Gasteiger charge is 2.93. The van der Waals surface area contributed by atoms with Gasteiger partial charge in [-0.2, -0.15) is 10.5 Å². The van der Waals surface area contributed by atoms with Crippen molar-refractivity contribution in [2.75, 3.05) is 13.2 Å². The third-order valence-electron chi connectivity index (χ3n) is 6.37. The molecule has 0 amide bonds. The fourth-order valence-corrected chi connectivity index (χ4v) is 4.86. The average molecular weight is 445 g/mol. The highest BCUT2D eigenvalue weighted by Crippen LogP contribution is 2.82. The molecule has 2 aromatic rings. The number of nitrogens with two attached hydrogens (primary N) is 1. The van der Waals surface area contributed by atoms with Crippen LogP contribution in [0.5, 0.6) is 5.75 Å². The van der Waals surface area contributed by atoms with Crippen molar-refractivity contribution in [3.63, 3.8) is 0 Å². The Morgan fingerprint density at radius 2 is 1.67 bits per heavy atom. The Kier molecular flexibility index (Phi) is 6.12. The molecule has 1 aliphatic heterocycles. The first kappa shape index (κ1) is 22.8. The molecule has 0 saturated heterocycles. The Morgan fingerprint density at radius 3 is 2.27 bits per heavy atom. The molecule has 1 fully saturated rings. The van der Waals surface area contributed by atoms with Crippen LogP contribution in [0.3, 0.4) is 0 Å². The Labute approximate surface area is 194 Å². The third kappa shape index (κ3) is 3.28. The van der Waals surface area contributed by atoms with E-state index in [1.807, 2.05) is 68.4 Å². The smallest absolute Gasteiger partial charge is 0.293 e. The number of ether oxygens (including phenoxy) is 3. The molecule has 170 valence electrons. The van der Waals surface area contributed by atoms with Gasteiger partial charge in [-0.05, 0) is 36.1 Å². The maximum Gasteiger partial charge on any atom is 0.293 e. The van der Waals surface area contributed by atoms with Crippen LogP contribution in [0, 0.1) is 33.5 Å². The second kappa shape index (κ2) is 8.86. The van der Waals surface area contributed by atoms with E-state index in [-0.39, 0.29) is 5.84 Å². The molecule has 2 N–H and O–H groups in total. The summed E-state index contributed by atoms with van der Waals surface area (Å²) >= 11 is 0. The number of hydrogen-bond donors (Lipinski definition) is 1. The predicted octanol–water partition coefficient (Wildman–Crippen LogP) is 4.26. The van der Waals surface area contributed by atoms with Gasteiger partial charge in [0.25, 0.3) is 5.91 Å². The molecule has 2 aromatic carbocycles. The number of benzene rings is 2. The zero-order valence-corrected chi connectivity index (χ0v) is 19.0. The highest BCUT2D eigenvalue weighted by molar-refractivity contribution is 6.00. The topological polar surface area (TPSA) is 114 Å². The van der Waals surface area contributed by atoms with Gasteiger partial charge in [-0.3, -0.25) is 0 Å². The lowest BCUT2D eigenvalue weighted by Gasteiger charge is -2.32. The van der Waals surface area contributed by atoms with Gasteiger partial charge in [0, 0.05) is 5.92 Å². The molecular formula is C26H28N4O3. The predicted molar refractivity (Wildman–Crippen MR) is 123 cm³/mol. The summed E-state index contributed by atoms with van der Waals surface area (Å²) in [5.41, 5.74) is 5.45. The number of amidine groups is 1. The number of fused-ring (bicyclic) bond motifs is 1. The van der Waals surface area contributed by atoms with Crippen LogP contribution < -0.4 is 10.5 Å². The molecule has 7 heteroatoms. The zero-order chi connectivity index (χ0) is 23.5. The first-order valence-corrected chi connectivity index (χ1v) is 11.3. The zero-order valence-electron chi connectivity index (χ0n) is 19.0. The molecule has 1 aliphatic carbocycles. The second-order valence-electron chi connectivity index (χ2n) is 8.40. The fourth-order valence-electron chi connectivity index (χ4n) is 4.86. The van der Waals surface area contributed by atoms with E-state index in [2.05, 4.69) is 17.1 Å². The number of rotatable bonds is 10. The molecule has 1 saturated carbocycles. The van der Waals surface area contributed by atoms with Crippen LogP contribution in [0.4, 0.5) is 0 Å². The molecule has 1 heterocycles. The van der Waals surface area contributed by atoms with Crippen molar-refractivity contribution in [1.29, 1.82) is 10.5 Å². The Bertz CT molecular complexity index is 1110. The molecule has 7 nitrogen and oxygen atoms in total. The molecule has 0 aromatic heterocycles. The summed E-state index contributed by atoms with van der Waals surface area (Å²) < 4.78 is 18.1. The summed E-state index contributed by atoms with van der Waals surface area (Å²) in [5.74, 6) is -1.43. The Morgan fingerprint density at radius 1 is 0.970 bits per heavy atom. The summed E-state index contributed by atoms with van der Waals surface area (Å²) in [5, 5.41) is 20.7. The van der Waals surface area contributed by atoms with Gasteiger partial charge < -0.3 is 19.9 Å². The minimum absolute atomic E-state index is 0.0827. The van der Waals surface area contributed by atoms with E-state index in [4.69, 9.17) is 19.9 Å². The number of hydrogen-bond acceptors (Lipinski definition) is 7. The lowest BCUT2D eigenvalue weighted by atomic mass is 9.93. The lowest BCUT2D eigenvalue weighted by molar-refractivity contribution is -0.259. The molecule has 0 radical (unpaired) electrons. The van der Waals surface area contributed by atoms with Gasteiger partial charge in [-0.15, -0.1) is 0 Å².